The van der Waals surface area contributed by atoms with Crippen LogP contribution in [0.3, 0.4) is 0 Å². The standard InChI is InChI=1S/C13H16N2O2S/c1-9-8-18-13(14-9)11(7-16)15-10-5-3-4-6-12(10)17-2/h3-6,8,11,15-16H,7H2,1-2H3. The lowest BCUT2D eigenvalue weighted by Crippen LogP contribution is -2.15. The summed E-state index contributed by atoms with van der Waals surface area (Å²) in [7, 11) is 1.63. The van der Waals surface area contributed by atoms with Gasteiger partial charge < -0.3 is 15.2 Å². The number of thiazole rings is 1. The predicted octanol–water partition coefficient (Wildman–Crippen LogP) is 2.61. The average molecular weight is 264 g/mol. The summed E-state index contributed by atoms with van der Waals surface area (Å²) in [6.07, 6.45) is 0. The Bertz CT molecular complexity index is 513. The number of nitrogens with zero attached hydrogens (tertiary/aromatic N) is 1. The highest BCUT2D eigenvalue weighted by Gasteiger charge is 2.15. The highest BCUT2D eigenvalue weighted by Crippen LogP contribution is 2.28. The predicted molar refractivity (Wildman–Crippen MR) is 73.3 cm³/mol. The van der Waals surface area contributed by atoms with Gasteiger partial charge in [-0.2, -0.15) is 0 Å². The first-order valence-electron chi connectivity index (χ1n) is 5.67. The van der Waals surface area contributed by atoms with Crippen LogP contribution in [0.1, 0.15) is 16.7 Å². The van der Waals surface area contributed by atoms with E-state index in [1.165, 1.54) is 0 Å². The van der Waals surface area contributed by atoms with E-state index >= 15 is 0 Å². The molecule has 0 radical (unpaired) electrons. The highest BCUT2D eigenvalue weighted by atomic mass is 32.1. The second kappa shape index (κ2) is 5.84. The molecule has 1 aromatic heterocycles. The number of benzene rings is 1. The molecule has 0 spiro atoms. The van der Waals surface area contributed by atoms with Crippen LogP contribution >= 0.6 is 11.3 Å². The number of aliphatic hydroxyl groups is 1. The van der Waals surface area contributed by atoms with Crippen LogP contribution in [0.25, 0.3) is 0 Å². The zero-order valence-corrected chi connectivity index (χ0v) is 11.2. The number of aryl methyl sites for hydroxylation is 1. The molecule has 2 rings (SSSR count). The third-order valence-corrected chi connectivity index (χ3v) is 3.63. The van der Waals surface area contributed by atoms with Crippen LogP contribution in [0.2, 0.25) is 0 Å². The zero-order chi connectivity index (χ0) is 13.0. The number of para-hydroxylation sites is 2. The molecule has 0 aliphatic carbocycles. The lowest BCUT2D eigenvalue weighted by Gasteiger charge is -2.17. The maximum Gasteiger partial charge on any atom is 0.141 e. The number of anilines is 1. The van der Waals surface area contributed by atoms with E-state index in [2.05, 4.69) is 10.3 Å². The molecule has 0 amide bonds. The molecule has 4 nitrogen and oxygen atoms in total. The van der Waals surface area contributed by atoms with E-state index in [1.54, 1.807) is 18.4 Å². The summed E-state index contributed by atoms with van der Waals surface area (Å²) in [5, 5.41) is 15.6. The number of aliphatic hydroxyl groups excluding tert-OH is 1. The third-order valence-electron chi connectivity index (χ3n) is 2.55. The lowest BCUT2D eigenvalue weighted by molar-refractivity contribution is 0.275. The molecule has 5 heteroatoms. The Morgan fingerprint density at radius 3 is 2.83 bits per heavy atom. The topological polar surface area (TPSA) is 54.4 Å². The molecular formula is C13H16N2O2S. The third kappa shape index (κ3) is 2.80. The molecule has 96 valence electrons. The molecule has 1 atom stereocenters. The first-order valence-corrected chi connectivity index (χ1v) is 6.55. The SMILES string of the molecule is COc1ccccc1NC(CO)c1nc(C)cs1. The van der Waals surface area contributed by atoms with Gasteiger partial charge in [-0.3, -0.25) is 0 Å². The summed E-state index contributed by atoms with van der Waals surface area (Å²) in [6, 6.07) is 7.42. The van der Waals surface area contributed by atoms with Crippen molar-refractivity contribution in [2.24, 2.45) is 0 Å². The van der Waals surface area contributed by atoms with Crippen LogP contribution in [-0.2, 0) is 0 Å². The fraction of sp³-hybridized carbons (Fsp3) is 0.308. The van der Waals surface area contributed by atoms with Gasteiger partial charge >= 0.3 is 0 Å². The number of hydrogen-bond acceptors (Lipinski definition) is 5. The highest BCUT2D eigenvalue weighted by molar-refractivity contribution is 7.09. The van der Waals surface area contributed by atoms with Crippen molar-refractivity contribution in [1.29, 1.82) is 0 Å². The summed E-state index contributed by atoms with van der Waals surface area (Å²) < 4.78 is 5.27. The van der Waals surface area contributed by atoms with Crippen molar-refractivity contribution >= 4 is 17.0 Å². The van der Waals surface area contributed by atoms with Crippen molar-refractivity contribution in [3.8, 4) is 5.75 Å². The Morgan fingerprint density at radius 1 is 1.44 bits per heavy atom. The Morgan fingerprint density at radius 2 is 2.22 bits per heavy atom. The maximum atomic E-state index is 9.48. The molecule has 1 unspecified atom stereocenters. The number of hydrogen-bond donors (Lipinski definition) is 2. The van der Waals surface area contributed by atoms with Gasteiger partial charge in [0.2, 0.25) is 0 Å². The van der Waals surface area contributed by atoms with Crippen LogP contribution in [0.15, 0.2) is 29.6 Å². The van der Waals surface area contributed by atoms with Gasteiger partial charge in [0.1, 0.15) is 16.8 Å². The second-order valence-electron chi connectivity index (χ2n) is 3.91. The monoisotopic (exact) mass is 264 g/mol. The molecular weight excluding hydrogens is 248 g/mol. The average Bonchev–Trinajstić information content (AvgIpc) is 2.83. The lowest BCUT2D eigenvalue weighted by atomic mass is 10.2. The first-order chi connectivity index (χ1) is 8.74. The van der Waals surface area contributed by atoms with Crippen LogP contribution in [0.5, 0.6) is 5.75 Å². The van der Waals surface area contributed by atoms with Gasteiger partial charge in [-0.25, -0.2) is 4.98 Å². The number of nitrogens with one attached hydrogen (secondary N) is 1. The van der Waals surface area contributed by atoms with E-state index in [0.717, 1.165) is 22.1 Å². The van der Waals surface area contributed by atoms with Crippen LogP contribution in [0, 0.1) is 6.92 Å². The fourth-order valence-corrected chi connectivity index (χ4v) is 2.51. The molecule has 1 heterocycles. The van der Waals surface area contributed by atoms with Crippen LogP contribution < -0.4 is 10.1 Å². The minimum absolute atomic E-state index is 0.00893. The number of rotatable bonds is 5. The quantitative estimate of drug-likeness (QED) is 0.871. The first kappa shape index (κ1) is 12.9. The van der Waals surface area contributed by atoms with Crippen molar-refractivity contribution in [3.63, 3.8) is 0 Å². The normalized spacial score (nSPS) is 12.2. The van der Waals surface area contributed by atoms with Gasteiger partial charge in [0.25, 0.3) is 0 Å². The molecule has 0 bridgehead atoms. The van der Waals surface area contributed by atoms with E-state index in [4.69, 9.17) is 4.74 Å². The van der Waals surface area contributed by atoms with Crippen molar-refractivity contribution in [2.45, 2.75) is 13.0 Å². The number of ether oxygens (including phenoxy) is 1. The summed E-state index contributed by atoms with van der Waals surface area (Å²) in [6.45, 7) is 1.93. The number of methoxy groups -OCH3 is 1. The van der Waals surface area contributed by atoms with Gasteiger partial charge in [0, 0.05) is 11.1 Å². The molecule has 2 N–H and O–H groups in total. The molecule has 0 fully saturated rings. The summed E-state index contributed by atoms with van der Waals surface area (Å²) in [5.41, 5.74) is 1.82. The van der Waals surface area contributed by atoms with Gasteiger partial charge in [-0.15, -0.1) is 11.3 Å². The van der Waals surface area contributed by atoms with Crippen molar-refractivity contribution < 1.29 is 9.84 Å². The van der Waals surface area contributed by atoms with E-state index in [-0.39, 0.29) is 12.6 Å². The smallest absolute Gasteiger partial charge is 0.141 e. The van der Waals surface area contributed by atoms with Crippen molar-refractivity contribution in [1.82, 2.24) is 4.98 Å². The van der Waals surface area contributed by atoms with Crippen LogP contribution in [-0.4, -0.2) is 23.8 Å². The molecule has 0 saturated carbocycles. The molecule has 1 aromatic carbocycles. The molecule has 2 aromatic rings. The number of aromatic nitrogens is 1. The van der Waals surface area contributed by atoms with E-state index in [1.807, 2.05) is 36.6 Å². The van der Waals surface area contributed by atoms with E-state index < -0.39 is 0 Å². The molecule has 0 aliphatic rings. The largest absolute Gasteiger partial charge is 0.495 e. The molecule has 0 aliphatic heterocycles. The van der Waals surface area contributed by atoms with Gasteiger partial charge in [0.05, 0.1) is 19.4 Å². The van der Waals surface area contributed by atoms with Crippen molar-refractivity contribution in [3.05, 3.63) is 40.3 Å². The fourth-order valence-electron chi connectivity index (χ4n) is 1.67. The van der Waals surface area contributed by atoms with E-state index in [9.17, 15) is 5.11 Å². The minimum Gasteiger partial charge on any atom is -0.495 e. The molecule has 18 heavy (non-hydrogen) atoms. The Labute approximate surface area is 110 Å². The Hall–Kier alpha value is -1.59. The summed E-state index contributed by atoms with van der Waals surface area (Å²) >= 11 is 1.54. The minimum atomic E-state index is -0.208. The summed E-state index contributed by atoms with van der Waals surface area (Å²) in [5.74, 6) is 0.754. The van der Waals surface area contributed by atoms with Gasteiger partial charge in [-0.1, -0.05) is 12.1 Å². The van der Waals surface area contributed by atoms with Gasteiger partial charge in [0.15, 0.2) is 0 Å². The summed E-state index contributed by atoms with van der Waals surface area (Å²) in [4.78, 5) is 4.39. The Balaban J connectivity index is 2.20. The van der Waals surface area contributed by atoms with E-state index in [0.29, 0.717) is 0 Å². The van der Waals surface area contributed by atoms with Gasteiger partial charge in [-0.05, 0) is 19.1 Å². The Kier molecular flexibility index (Phi) is 4.17. The van der Waals surface area contributed by atoms with Crippen molar-refractivity contribution in [2.75, 3.05) is 19.0 Å². The zero-order valence-electron chi connectivity index (χ0n) is 10.4. The van der Waals surface area contributed by atoms with Crippen LogP contribution in [0.4, 0.5) is 5.69 Å². The second-order valence-corrected chi connectivity index (χ2v) is 4.80. The molecule has 0 saturated heterocycles. The maximum absolute atomic E-state index is 9.48.